The van der Waals surface area contributed by atoms with Crippen LogP contribution in [0.4, 0.5) is 0 Å². The monoisotopic (exact) mass is 822 g/mol. The number of carbonyl (C=O) groups is 6. The van der Waals surface area contributed by atoms with E-state index in [1.54, 1.807) is 0 Å². The highest BCUT2D eigenvalue weighted by Crippen LogP contribution is 2.19. The summed E-state index contributed by atoms with van der Waals surface area (Å²) in [5.41, 5.74) is -3.43. The van der Waals surface area contributed by atoms with Crippen LogP contribution >= 0.6 is 0 Å². The SMILES string of the molecule is C=CC(=O)O.C=CC(=O)O.C=CC(=O)O.C=CC(=O)O.C=CC(=O)O.C=CC(=O)O.OCC(CO)(CO)CO.OCC(CO)(CO)COCC(CO)(CO)CO. The molecule has 23 nitrogen and oxygen atoms in total. The van der Waals surface area contributed by atoms with E-state index in [9.17, 15) is 28.8 Å². The van der Waals surface area contributed by atoms with Crippen LogP contribution in [0.15, 0.2) is 75.9 Å². The molecule has 0 saturated carbocycles. The number of ether oxygens (including phenoxy) is 1. The minimum Gasteiger partial charge on any atom is -0.478 e. The highest BCUT2D eigenvalue weighted by Gasteiger charge is 2.33. The summed E-state index contributed by atoms with van der Waals surface area (Å²) in [6.45, 7) is 13.1. The van der Waals surface area contributed by atoms with Crippen molar-refractivity contribution in [2.45, 2.75) is 0 Å². The molecule has 0 aromatic heterocycles. The lowest BCUT2D eigenvalue weighted by molar-refractivity contribution is -0.132. The van der Waals surface area contributed by atoms with Crippen LogP contribution in [0.2, 0.25) is 0 Å². The number of hydrogen-bond donors (Lipinski definition) is 16. The largest absolute Gasteiger partial charge is 0.478 e. The Balaban J connectivity index is -0.0000000841. The van der Waals surface area contributed by atoms with Gasteiger partial charge in [0.15, 0.2) is 0 Å². The summed E-state index contributed by atoms with van der Waals surface area (Å²) >= 11 is 0. The van der Waals surface area contributed by atoms with Gasteiger partial charge in [-0.2, -0.15) is 0 Å². The Morgan fingerprint density at radius 3 is 0.482 bits per heavy atom. The highest BCUT2D eigenvalue weighted by atomic mass is 16.5. The molecule has 56 heavy (non-hydrogen) atoms. The average molecular weight is 823 g/mol. The Labute approximate surface area is 322 Å². The molecule has 0 aliphatic rings. The fraction of sp³-hybridized carbons (Fsp3) is 0.455. The van der Waals surface area contributed by atoms with Crippen LogP contribution in [0.1, 0.15) is 0 Å². The maximum atomic E-state index is 9.25. The molecule has 0 fully saturated rings. The van der Waals surface area contributed by atoms with Crippen molar-refractivity contribution in [3.63, 3.8) is 0 Å². The molecule has 0 unspecified atom stereocenters. The zero-order valence-electron chi connectivity index (χ0n) is 30.7. The molecule has 0 rings (SSSR count). The first-order chi connectivity index (χ1) is 25.9. The molecule has 0 heterocycles. The van der Waals surface area contributed by atoms with E-state index in [-0.39, 0.29) is 13.2 Å². The van der Waals surface area contributed by atoms with Crippen molar-refractivity contribution in [3.05, 3.63) is 75.9 Å². The molecule has 0 saturated heterocycles. The van der Waals surface area contributed by atoms with Crippen molar-refractivity contribution >= 4 is 35.8 Å². The molecular weight excluding hydrogens is 764 g/mol. The van der Waals surface area contributed by atoms with E-state index in [0.29, 0.717) is 0 Å². The number of carboxylic acid groups (broad SMARTS) is 6. The molecule has 0 radical (unpaired) electrons. The molecule has 0 aliphatic carbocycles. The quantitative estimate of drug-likeness (QED) is 0.0528. The van der Waals surface area contributed by atoms with E-state index in [0.717, 1.165) is 36.5 Å². The Morgan fingerprint density at radius 1 is 0.321 bits per heavy atom. The molecule has 0 spiro atoms. The predicted octanol–water partition coefficient (Wildman–Crippen LogP) is -3.59. The minimum absolute atomic E-state index is 0.141. The van der Waals surface area contributed by atoms with Crippen molar-refractivity contribution in [3.8, 4) is 0 Å². The van der Waals surface area contributed by atoms with E-state index in [2.05, 4.69) is 39.5 Å². The third-order valence-electron chi connectivity index (χ3n) is 5.22. The zero-order valence-corrected chi connectivity index (χ0v) is 30.7. The van der Waals surface area contributed by atoms with Crippen molar-refractivity contribution < 1.29 is 115 Å². The molecule has 0 aromatic carbocycles. The van der Waals surface area contributed by atoms with E-state index in [4.69, 9.17) is 86.4 Å². The van der Waals surface area contributed by atoms with Gasteiger partial charge in [-0.05, 0) is 0 Å². The van der Waals surface area contributed by atoms with Crippen LogP contribution in [0.25, 0.3) is 0 Å². The zero-order chi connectivity index (χ0) is 46.4. The minimum atomic E-state index is -1.16. The lowest BCUT2D eigenvalue weighted by Gasteiger charge is -2.31. The third kappa shape index (κ3) is 55.6. The smallest absolute Gasteiger partial charge is 0.327 e. The Hall–Kier alpha value is -5.18. The van der Waals surface area contributed by atoms with E-state index in [1.807, 2.05) is 0 Å². The van der Waals surface area contributed by atoms with Gasteiger partial charge in [-0.15, -0.1) is 0 Å². The number of aliphatic hydroxyl groups excluding tert-OH is 10. The standard InChI is InChI=1S/C10H22O7.C5H12O4.6C3H4O2/c11-1-9(2-12,3-13)7-17-8-10(4-14,5-15)6-16;6-1-5(2-7,3-8)4-9;6*1-2-3(4)5/h11-16H,1-8H2;6-9H,1-4H2;6*2H,1H2,(H,4,5). The number of aliphatic hydroxyl groups is 10. The van der Waals surface area contributed by atoms with Gasteiger partial charge in [0.1, 0.15) is 0 Å². The van der Waals surface area contributed by atoms with Crippen molar-refractivity contribution in [1.29, 1.82) is 0 Å². The second-order valence-corrected chi connectivity index (χ2v) is 9.83. The van der Waals surface area contributed by atoms with Crippen LogP contribution in [0, 0.1) is 16.2 Å². The first-order valence-corrected chi connectivity index (χ1v) is 14.7. The molecule has 0 bridgehead atoms. The molecular formula is C33H58O23. The third-order valence-corrected chi connectivity index (χ3v) is 5.22. The van der Waals surface area contributed by atoms with Crippen LogP contribution in [0.3, 0.4) is 0 Å². The number of rotatable bonds is 20. The van der Waals surface area contributed by atoms with Crippen molar-refractivity contribution in [1.82, 2.24) is 0 Å². The van der Waals surface area contributed by atoms with Gasteiger partial charge in [-0.3, -0.25) is 0 Å². The summed E-state index contributed by atoms with van der Waals surface area (Å²) in [6.07, 6.45) is 5.00. The second-order valence-electron chi connectivity index (χ2n) is 9.83. The summed E-state index contributed by atoms with van der Waals surface area (Å²) < 4.78 is 5.15. The normalized spacial score (nSPS) is 9.32. The van der Waals surface area contributed by atoms with E-state index < -0.39 is 118 Å². The van der Waals surface area contributed by atoms with Gasteiger partial charge in [-0.25, -0.2) is 28.8 Å². The summed E-state index contributed by atoms with van der Waals surface area (Å²) in [7, 11) is 0. The van der Waals surface area contributed by atoms with Gasteiger partial charge >= 0.3 is 35.8 Å². The van der Waals surface area contributed by atoms with E-state index >= 15 is 0 Å². The Bertz CT molecular complexity index is 897. The van der Waals surface area contributed by atoms with Gasteiger partial charge in [-0.1, -0.05) is 39.5 Å². The maximum Gasteiger partial charge on any atom is 0.327 e. The fourth-order valence-electron chi connectivity index (χ4n) is 1.36. The van der Waals surface area contributed by atoms with Crippen LogP contribution in [-0.2, 0) is 33.5 Å². The molecule has 16 N–H and O–H groups in total. The summed E-state index contributed by atoms with van der Waals surface area (Å²) in [4.78, 5) is 55.5. The Kier molecular flexibility index (Phi) is 58.8. The number of hydrogen-bond acceptors (Lipinski definition) is 17. The van der Waals surface area contributed by atoms with Gasteiger partial charge in [0.2, 0.25) is 0 Å². The molecule has 0 aliphatic heterocycles. The van der Waals surface area contributed by atoms with Gasteiger partial charge in [0.05, 0.1) is 95.5 Å². The maximum absolute atomic E-state index is 9.25. The molecule has 328 valence electrons. The number of aliphatic carboxylic acids is 6. The Morgan fingerprint density at radius 2 is 0.429 bits per heavy atom. The fourth-order valence-corrected chi connectivity index (χ4v) is 1.36. The van der Waals surface area contributed by atoms with Crippen LogP contribution < -0.4 is 0 Å². The second kappa shape index (κ2) is 47.8. The highest BCUT2D eigenvalue weighted by molar-refractivity contribution is 5.80. The number of carboxylic acids is 6. The molecule has 23 heteroatoms. The summed E-state index contributed by atoms with van der Waals surface area (Å²) in [5, 5.41) is 134. The summed E-state index contributed by atoms with van der Waals surface area (Å²) in [6, 6.07) is 0. The lowest BCUT2D eigenvalue weighted by atomic mass is 9.91. The van der Waals surface area contributed by atoms with Crippen LogP contribution in [-0.4, -0.2) is 197 Å². The van der Waals surface area contributed by atoms with E-state index in [1.165, 1.54) is 0 Å². The van der Waals surface area contributed by atoms with Gasteiger partial charge in [0, 0.05) is 36.5 Å². The van der Waals surface area contributed by atoms with Gasteiger partial charge < -0.3 is 86.4 Å². The molecule has 0 amide bonds. The summed E-state index contributed by atoms with van der Waals surface area (Å²) in [5.74, 6) is -5.89. The lowest BCUT2D eigenvalue weighted by Crippen LogP contribution is -2.43. The predicted molar refractivity (Wildman–Crippen MR) is 196 cm³/mol. The average Bonchev–Trinajstić information content (AvgIpc) is 3.21. The van der Waals surface area contributed by atoms with Crippen molar-refractivity contribution in [2.75, 3.05) is 79.3 Å². The van der Waals surface area contributed by atoms with Gasteiger partial charge in [0.25, 0.3) is 0 Å². The van der Waals surface area contributed by atoms with Crippen molar-refractivity contribution in [2.24, 2.45) is 16.2 Å². The molecule has 0 atom stereocenters. The van der Waals surface area contributed by atoms with Crippen LogP contribution in [0.5, 0.6) is 0 Å². The topological polar surface area (TPSA) is 435 Å². The first-order valence-electron chi connectivity index (χ1n) is 14.7. The molecule has 0 aromatic rings. The first kappa shape index (κ1) is 68.8.